The molecule has 3 rings (SSSR count). The van der Waals surface area contributed by atoms with Crippen molar-refractivity contribution in [2.24, 2.45) is 0 Å². The molecule has 1 saturated heterocycles. The first kappa shape index (κ1) is 18.1. The number of rotatable bonds is 5. The van der Waals surface area contributed by atoms with Crippen molar-refractivity contribution in [3.05, 3.63) is 54.6 Å². The molecule has 7 nitrogen and oxygen atoms in total. The lowest BCUT2D eigenvalue weighted by molar-refractivity contribution is -0.110. The number of anilines is 2. The Balaban J connectivity index is 1.68. The molecule has 1 fully saturated rings. The van der Waals surface area contributed by atoms with Crippen LogP contribution in [0.1, 0.15) is 12.8 Å². The average molecular weight is 373 g/mol. The molecule has 1 heterocycles. The van der Waals surface area contributed by atoms with Gasteiger partial charge in [0.25, 0.3) is 0 Å². The lowest BCUT2D eigenvalue weighted by atomic mass is 10.2. The van der Waals surface area contributed by atoms with Crippen LogP contribution in [-0.4, -0.2) is 37.6 Å². The van der Waals surface area contributed by atoms with Gasteiger partial charge in [-0.15, -0.1) is 0 Å². The molecule has 0 bridgehead atoms. The van der Waals surface area contributed by atoms with E-state index >= 15 is 0 Å². The Hall–Kier alpha value is -2.71. The van der Waals surface area contributed by atoms with Gasteiger partial charge in [-0.05, 0) is 49.2 Å². The molecule has 0 unspecified atom stereocenters. The summed E-state index contributed by atoms with van der Waals surface area (Å²) in [6.45, 7) is 0.339. The second kappa shape index (κ2) is 7.67. The summed E-state index contributed by atoms with van der Waals surface area (Å²) in [6, 6.07) is 13.8. The Labute approximate surface area is 152 Å². The van der Waals surface area contributed by atoms with Crippen molar-refractivity contribution in [2.75, 3.05) is 17.2 Å². The van der Waals surface area contributed by atoms with Gasteiger partial charge in [0, 0.05) is 17.9 Å². The Morgan fingerprint density at radius 3 is 2.23 bits per heavy atom. The SMILES string of the molecule is O=C[C@@H]1CCCN1S(=O)(=O)c1ccc(NC(=O)Nc2ccccc2)cc1. The van der Waals surface area contributed by atoms with Gasteiger partial charge in [-0.1, -0.05) is 18.2 Å². The number of para-hydroxylation sites is 1. The van der Waals surface area contributed by atoms with E-state index in [2.05, 4.69) is 10.6 Å². The molecule has 1 atom stereocenters. The number of carbonyl (C=O) groups excluding carboxylic acids is 2. The third kappa shape index (κ3) is 3.92. The minimum absolute atomic E-state index is 0.0975. The van der Waals surface area contributed by atoms with Gasteiger partial charge < -0.3 is 15.4 Å². The predicted molar refractivity (Wildman–Crippen MR) is 98.5 cm³/mol. The highest BCUT2D eigenvalue weighted by molar-refractivity contribution is 7.89. The van der Waals surface area contributed by atoms with E-state index in [4.69, 9.17) is 0 Å². The van der Waals surface area contributed by atoms with Crippen LogP contribution in [0.4, 0.5) is 16.2 Å². The number of hydrogen-bond donors (Lipinski definition) is 2. The Bertz CT molecular complexity index is 882. The summed E-state index contributed by atoms with van der Waals surface area (Å²) in [4.78, 5) is 23.1. The van der Waals surface area contributed by atoms with E-state index in [0.29, 0.717) is 37.0 Å². The van der Waals surface area contributed by atoms with Gasteiger partial charge in [0.05, 0.1) is 10.9 Å². The molecule has 2 N–H and O–H groups in total. The monoisotopic (exact) mass is 373 g/mol. The molecule has 1 aliphatic rings. The first-order valence-corrected chi connectivity index (χ1v) is 9.65. The summed E-state index contributed by atoms with van der Waals surface area (Å²) in [7, 11) is -3.72. The highest BCUT2D eigenvalue weighted by Crippen LogP contribution is 2.25. The normalized spacial score (nSPS) is 17.6. The second-order valence-electron chi connectivity index (χ2n) is 5.93. The number of aldehydes is 1. The lowest BCUT2D eigenvalue weighted by Gasteiger charge is -2.20. The number of hydrogen-bond acceptors (Lipinski definition) is 4. The first-order chi connectivity index (χ1) is 12.5. The van der Waals surface area contributed by atoms with Crippen LogP contribution >= 0.6 is 0 Å². The minimum Gasteiger partial charge on any atom is -0.308 e. The minimum atomic E-state index is -3.72. The zero-order valence-corrected chi connectivity index (χ0v) is 14.8. The third-order valence-corrected chi connectivity index (χ3v) is 6.09. The fourth-order valence-corrected chi connectivity index (χ4v) is 4.49. The molecule has 2 aromatic rings. The van der Waals surface area contributed by atoms with E-state index < -0.39 is 22.1 Å². The summed E-state index contributed by atoms with van der Waals surface area (Å²) in [5.74, 6) is 0. The quantitative estimate of drug-likeness (QED) is 0.788. The van der Waals surface area contributed by atoms with Crippen LogP contribution in [0.25, 0.3) is 0 Å². The Morgan fingerprint density at radius 2 is 1.62 bits per heavy atom. The van der Waals surface area contributed by atoms with Gasteiger partial charge in [0.1, 0.15) is 6.29 Å². The van der Waals surface area contributed by atoms with Crippen molar-refractivity contribution in [2.45, 2.75) is 23.8 Å². The van der Waals surface area contributed by atoms with E-state index in [1.165, 1.54) is 28.6 Å². The van der Waals surface area contributed by atoms with Gasteiger partial charge in [0.2, 0.25) is 10.0 Å². The number of sulfonamides is 1. The molecule has 2 aromatic carbocycles. The van der Waals surface area contributed by atoms with Gasteiger partial charge in [-0.25, -0.2) is 13.2 Å². The van der Waals surface area contributed by atoms with Crippen molar-refractivity contribution in [1.29, 1.82) is 0 Å². The smallest absolute Gasteiger partial charge is 0.308 e. The topological polar surface area (TPSA) is 95.6 Å². The first-order valence-electron chi connectivity index (χ1n) is 8.21. The van der Waals surface area contributed by atoms with Gasteiger partial charge in [-0.2, -0.15) is 4.31 Å². The Kier molecular flexibility index (Phi) is 5.34. The standard InChI is InChI=1S/C18H19N3O4S/c22-13-16-7-4-12-21(16)26(24,25)17-10-8-15(9-11-17)20-18(23)19-14-5-2-1-3-6-14/h1-3,5-6,8-11,13,16H,4,7,12H2,(H2,19,20,23)/t16-/m0/s1. The van der Waals surface area contributed by atoms with E-state index in [1.54, 1.807) is 24.3 Å². The maximum atomic E-state index is 12.6. The third-order valence-electron chi connectivity index (χ3n) is 4.16. The van der Waals surface area contributed by atoms with Crippen molar-refractivity contribution in [1.82, 2.24) is 4.31 Å². The maximum Gasteiger partial charge on any atom is 0.323 e. The maximum absolute atomic E-state index is 12.6. The predicted octanol–water partition coefficient (Wildman–Crippen LogP) is 2.68. The number of urea groups is 1. The van der Waals surface area contributed by atoms with Crippen LogP contribution in [0.2, 0.25) is 0 Å². The summed E-state index contributed by atoms with van der Waals surface area (Å²) in [5, 5.41) is 5.32. The zero-order valence-electron chi connectivity index (χ0n) is 14.0. The zero-order chi connectivity index (χ0) is 18.6. The molecule has 136 valence electrons. The molecule has 0 aliphatic carbocycles. The van der Waals surface area contributed by atoms with Crippen LogP contribution in [0, 0.1) is 0 Å². The van der Waals surface area contributed by atoms with Crippen molar-refractivity contribution >= 4 is 33.7 Å². The van der Waals surface area contributed by atoms with E-state index in [0.717, 1.165) is 0 Å². The summed E-state index contributed by atoms with van der Waals surface area (Å²) >= 11 is 0. The van der Waals surface area contributed by atoms with E-state index in [9.17, 15) is 18.0 Å². The molecular formula is C18H19N3O4S. The van der Waals surface area contributed by atoms with Gasteiger partial charge >= 0.3 is 6.03 Å². The molecule has 0 spiro atoms. The molecular weight excluding hydrogens is 354 g/mol. The highest BCUT2D eigenvalue weighted by atomic mass is 32.2. The molecule has 0 aromatic heterocycles. The highest BCUT2D eigenvalue weighted by Gasteiger charge is 2.34. The summed E-state index contributed by atoms with van der Waals surface area (Å²) in [6.07, 6.45) is 1.89. The average Bonchev–Trinajstić information content (AvgIpc) is 3.12. The van der Waals surface area contributed by atoms with Crippen LogP contribution in [-0.2, 0) is 14.8 Å². The molecule has 8 heteroatoms. The van der Waals surface area contributed by atoms with Crippen LogP contribution in [0.15, 0.2) is 59.5 Å². The van der Waals surface area contributed by atoms with Gasteiger partial charge in [-0.3, -0.25) is 0 Å². The fourth-order valence-electron chi connectivity index (χ4n) is 2.86. The van der Waals surface area contributed by atoms with Crippen molar-refractivity contribution in [3.8, 4) is 0 Å². The Morgan fingerprint density at radius 1 is 1.00 bits per heavy atom. The van der Waals surface area contributed by atoms with E-state index in [1.807, 2.05) is 6.07 Å². The van der Waals surface area contributed by atoms with E-state index in [-0.39, 0.29) is 4.90 Å². The van der Waals surface area contributed by atoms with Crippen LogP contribution < -0.4 is 10.6 Å². The van der Waals surface area contributed by atoms with Gasteiger partial charge in [0.15, 0.2) is 0 Å². The summed E-state index contributed by atoms with van der Waals surface area (Å²) < 4.78 is 26.5. The van der Waals surface area contributed by atoms with Crippen LogP contribution in [0.5, 0.6) is 0 Å². The van der Waals surface area contributed by atoms with Crippen molar-refractivity contribution < 1.29 is 18.0 Å². The summed E-state index contributed by atoms with van der Waals surface area (Å²) in [5.41, 5.74) is 1.11. The largest absolute Gasteiger partial charge is 0.323 e. The number of benzene rings is 2. The fraction of sp³-hybridized carbons (Fsp3) is 0.222. The number of nitrogens with zero attached hydrogens (tertiary/aromatic N) is 1. The van der Waals surface area contributed by atoms with Crippen molar-refractivity contribution in [3.63, 3.8) is 0 Å². The second-order valence-corrected chi connectivity index (χ2v) is 7.82. The number of nitrogens with one attached hydrogen (secondary N) is 2. The molecule has 2 amide bonds. The number of carbonyl (C=O) groups is 2. The lowest BCUT2D eigenvalue weighted by Crippen LogP contribution is -2.36. The molecule has 0 radical (unpaired) electrons. The molecule has 0 saturated carbocycles. The molecule has 1 aliphatic heterocycles. The number of amides is 2. The molecule has 26 heavy (non-hydrogen) atoms. The van der Waals surface area contributed by atoms with Crippen LogP contribution in [0.3, 0.4) is 0 Å².